The van der Waals surface area contributed by atoms with Crippen molar-refractivity contribution in [3.8, 4) is 5.75 Å². The number of ether oxygens (including phenoxy) is 1. The lowest BCUT2D eigenvalue weighted by atomic mass is 9.97. The maximum atomic E-state index is 10.7. The van der Waals surface area contributed by atoms with Crippen LogP contribution in [0, 0.1) is 0 Å². The third-order valence-corrected chi connectivity index (χ3v) is 4.02. The Morgan fingerprint density at radius 2 is 1.95 bits per heavy atom. The third kappa shape index (κ3) is 2.06. The molecule has 2 unspecified atom stereocenters. The molecule has 1 aliphatic heterocycles. The van der Waals surface area contributed by atoms with Crippen LogP contribution in [0.25, 0.3) is 10.9 Å². The number of para-hydroxylation sites is 1. The molecule has 3 nitrogen and oxygen atoms in total. The molecule has 1 aliphatic rings. The smallest absolute Gasteiger partial charge is 0.133 e. The van der Waals surface area contributed by atoms with Gasteiger partial charge in [-0.1, -0.05) is 36.4 Å². The molecule has 4 rings (SSSR count). The Hall–Kier alpha value is -2.39. The molecule has 0 bridgehead atoms. The summed E-state index contributed by atoms with van der Waals surface area (Å²) in [4.78, 5) is 4.34. The van der Waals surface area contributed by atoms with Gasteiger partial charge < -0.3 is 9.84 Å². The second kappa shape index (κ2) is 4.86. The van der Waals surface area contributed by atoms with Crippen molar-refractivity contribution in [1.82, 2.24) is 4.98 Å². The van der Waals surface area contributed by atoms with Crippen LogP contribution in [0.3, 0.4) is 0 Å². The number of hydrogen-bond acceptors (Lipinski definition) is 3. The molecule has 1 N–H and O–H groups in total. The summed E-state index contributed by atoms with van der Waals surface area (Å²) < 4.78 is 5.90. The molecule has 2 atom stereocenters. The number of rotatable bonds is 2. The van der Waals surface area contributed by atoms with Crippen molar-refractivity contribution in [3.63, 3.8) is 0 Å². The van der Waals surface area contributed by atoms with Gasteiger partial charge in [-0.2, -0.15) is 0 Å². The zero-order valence-electron chi connectivity index (χ0n) is 11.4. The summed E-state index contributed by atoms with van der Waals surface area (Å²) in [5, 5.41) is 11.7. The van der Waals surface area contributed by atoms with E-state index < -0.39 is 6.10 Å². The summed E-state index contributed by atoms with van der Waals surface area (Å²) in [5.41, 5.74) is 2.92. The lowest BCUT2D eigenvalue weighted by Crippen LogP contribution is -2.23. The van der Waals surface area contributed by atoms with Gasteiger partial charge in [0.05, 0.1) is 5.52 Å². The van der Waals surface area contributed by atoms with Gasteiger partial charge in [-0.25, -0.2) is 0 Å². The quantitative estimate of drug-likeness (QED) is 0.781. The number of pyridine rings is 1. The van der Waals surface area contributed by atoms with E-state index in [9.17, 15) is 5.11 Å². The average molecular weight is 277 g/mol. The fourth-order valence-corrected chi connectivity index (χ4v) is 2.97. The Bertz CT molecular complexity index is 770. The Morgan fingerprint density at radius 3 is 2.86 bits per heavy atom. The van der Waals surface area contributed by atoms with E-state index >= 15 is 0 Å². The summed E-state index contributed by atoms with van der Waals surface area (Å²) >= 11 is 0. The van der Waals surface area contributed by atoms with Crippen molar-refractivity contribution in [3.05, 3.63) is 71.9 Å². The number of aliphatic hydroxyl groups is 1. The van der Waals surface area contributed by atoms with Crippen LogP contribution in [0.15, 0.2) is 60.8 Å². The summed E-state index contributed by atoms with van der Waals surface area (Å²) in [6.45, 7) is 0. The number of nitrogens with zero attached hydrogens (tertiary/aromatic N) is 1. The molecule has 0 radical (unpaired) electrons. The van der Waals surface area contributed by atoms with E-state index in [0.717, 1.165) is 34.2 Å². The predicted octanol–water partition coefficient (Wildman–Crippen LogP) is 3.27. The van der Waals surface area contributed by atoms with Crippen molar-refractivity contribution in [2.45, 2.75) is 18.6 Å². The van der Waals surface area contributed by atoms with Crippen molar-refractivity contribution in [2.75, 3.05) is 0 Å². The largest absolute Gasteiger partial charge is 0.487 e. The van der Waals surface area contributed by atoms with Gasteiger partial charge in [0.1, 0.15) is 18.0 Å². The molecule has 0 saturated carbocycles. The second-order valence-corrected chi connectivity index (χ2v) is 5.33. The number of hydrogen-bond donors (Lipinski definition) is 1. The maximum absolute atomic E-state index is 10.7. The van der Waals surface area contributed by atoms with E-state index in [1.807, 2.05) is 54.6 Å². The molecule has 0 aliphatic carbocycles. The van der Waals surface area contributed by atoms with Crippen LogP contribution < -0.4 is 4.74 Å². The number of aromatic nitrogens is 1. The van der Waals surface area contributed by atoms with E-state index in [4.69, 9.17) is 4.74 Å². The lowest BCUT2D eigenvalue weighted by molar-refractivity contribution is 0.0502. The first-order chi connectivity index (χ1) is 10.3. The molecule has 3 aromatic rings. The third-order valence-electron chi connectivity index (χ3n) is 4.02. The summed E-state index contributed by atoms with van der Waals surface area (Å²) in [6.07, 6.45) is 1.59. The van der Waals surface area contributed by atoms with Crippen LogP contribution >= 0.6 is 0 Å². The fraction of sp³-hybridized carbons (Fsp3) is 0.167. The van der Waals surface area contributed by atoms with E-state index in [-0.39, 0.29) is 6.10 Å². The number of aliphatic hydroxyl groups excluding tert-OH is 1. The van der Waals surface area contributed by atoms with E-state index in [0.29, 0.717) is 0 Å². The summed E-state index contributed by atoms with van der Waals surface area (Å²) in [7, 11) is 0. The van der Waals surface area contributed by atoms with E-state index in [1.165, 1.54) is 0 Å². The minimum Gasteiger partial charge on any atom is -0.487 e. The summed E-state index contributed by atoms with van der Waals surface area (Å²) in [5.74, 6) is 0.875. The van der Waals surface area contributed by atoms with Gasteiger partial charge in [-0.15, -0.1) is 0 Å². The Morgan fingerprint density at radius 1 is 1.05 bits per heavy atom. The monoisotopic (exact) mass is 277 g/mol. The first kappa shape index (κ1) is 12.4. The molecule has 2 aromatic carbocycles. The summed E-state index contributed by atoms with van der Waals surface area (Å²) in [6, 6.07) is 17.7. The molecule has 1 aromatic heterocycles. The first-order valence-electron chi connectivity index (χ1n) is 7.09. The standard InChI is InChI=1S/C18H15NO2/c20-18(17-11-12-5-1-2-9-16(12)21-17)14-6-3-8-15-13(14)7-4-10-19-15/h1-10,17-18,20H,11H2. The Balaban J connectivity index is 1.71. The highest BCUT2D eigenvalue weighted by Gasteiger charge is 2.30. The minimum atomic E-state index is -0.662. The van der Waals surface area contributed by atoms with Crippen LogP contribution in [0.2, 0.25) is 0 Å². The molecule has 0 amide bonds. The fourth-order valence-electron chi connectivity index (χ4n) is 2.97. The van der Waals surface area contributed by atoms with Crippen LogP contribution in [0.4, 0.5) is 0 Å². The molecule has 2 heterocycles. The zero-order valence-corrected chi connectivity index (χ0v) is 11.4. The predicted molar refractivity (Wildman–Crippen MR) is 81.3 cm³/mol. The molecular formula is C18H15NO2. The molecule has 21 heavy (non-hydrogen) atoms. The van der Waals surface area contributed by atoms with Crippen molar-refractivity contribution in [1.29, 1.82) is 0 Å². The van der Waals surface area contributed by atoms with Crippen molar-refractivity contribution in [2.24, 2.45) is 0 Å². The van der Waals surface area contributed by atoms with Gasteiger partial charge in [-0.3, -0.25) is 4.98 Å². The highest BCUT2D eigenvalue weighted by atomic mass is 16.5. The van der Waals surface area contributed by atoms with Gasteiger partial charge in [0, 0.05) is 18.0 Å². The average Bonchev–Trinajstić information content (AvgIpc) is 2.97. The first-order valence-corrected chi connectivity index (χ1v) is 7.09. The Kier molecular flexibility index (Phi) is 2.86. The van der Waals surface area contributed by atoms with Crippen LogP contribution in [0.1, 0.15) is 17.2 Å². The number of fused-ring (bicyclic) bond motifs is 2. The van der Waals surface area contributed by atoms with Crippen LogP contribution in [0.5, 0.6) is 5.75 Å². The normalized spacial score (nSPS) is 18.2. The maximum Gasteiger partial charge on any atom is 0.133 e. The van der Waals surface area contributed by atoms with E-state index in [1.54, 1.807) is 6.20 Å². The minimum absolute atomic E-state index is 0.242. The van der Waals surface area contributed by atoms with Gasteiger partial charge in [0.15, 0.2) is 0 Å². The van der Waals surface area contributed by atoms with Crippen LogP contribution in [-0.4, -0.2) is 16.2 Å². The highest BCUT2D eigenvalue weighted by molar-refractivity contribution is 5.82. The zero-order chi connectivity index (χ0) is 14.2. The Labute approximate surface area is 122 Å². The molecule has 0 fully saturated rings. The number of benzene rings is 2. The van der Waals surface area contributed by atoms with Gasteiger partial charge >= 0.3 is 0 Å². The van der Waals surface area contributed by atoms with Gasteiger partial charge in [0.2, 0.25) is 0 Å². The molecule has 0 spiro atoms. The van der Waals surface area contributed by atoms with Gasteiger partial charge in [-0.05, 0) is 29.3 Å². The SMILES string of the molecule is OC(c1cccc2ncccc12)C1Cc2ccccc2O1. The highest BCUT2D eigenvalue weighted by Crippen LogP contribution is 2.35. The molecule has 104 valence electrons. The van der Waals surface area contributed by atoms with E-state index in [2.05, 4.69) is 4.98 Å². The molecule has 3 heteroatoms. The second-order valence-electron chi connectivity index (χ2n) is 5.33. The van der Waals surface area contributed by atoms with Crippen LogP contribution in [-0.2, 0) is 6.42 Å². The van der Waals surface area contributed by atoms with Gasteiger partial charge in [0.25, 0.3) is 0 Å². The topological polar surface area (TPSA) is 42.4 Å². The lowest BCUT2D eigenvalue weighted by Gasteiger charge is -2.19. The molecule has 0 saturated heterocycles. The van der Waals surface area contributed by atoms with Crippen molar-refractivity contribution < 1.29 is 9.84 Å². The van der Waals surface area contributed by atoms with Crippen molar-refractivity contribution >= 4 is 10.9 Å². The molecular weight excluding hydrogens is 262 g/mol.